The molecule has 0 saturated carbocycles. The zero-order chi connectivity index (χ0) is 12.3. The van der Waals surface area contributed by atoms with Gasteiger partial charge in [0, 0.05) is 11.1 Å². The third-order valence-electron chi connectivity index (χ3n) is 2.02. The van der Waals surface area contributed by atoms with Crippen molar-refractivity contribution in [2.45, 2.75) is 6.92 Å². The van der Waals surface area contributed by atoms with Crippen molar-refractivity contribution in [1.29, 1.82) is 0 Å². The van der Waals surface area contributed by atoms with Crippen LogP contribution in [-0.4, -0.2) is 21.2 Å². The first kappa shape index (κ1) is 11.9. The molecular formula is C10H12N2O4. The Bertz CT molecular complexity index is 454. The predicted molar refractivity (Wildman–Crippen MR) is 57.4 cm³/mol. The summed E-state index contributed by atoms with van der Waals surface area (Å²) in [4.78, 5) is 11.1. The normalized spacial score (nSPS) is 11.2. The Morgan fingerprint density at radius 1 is 1.31 bits per heavy atom. The van der Waals surface area contributed by atoms with Gasteiger partial charge in [-0.05, 0) is 25.1 Å². The molecular weight excluding hydrogens is 212 g/mol. The van der Waals surface area contributed by atoms with Gasteiger partial charge in [-0.3, -0.25) is 10.2 Å². The fourth-order valence-electron chi connectivity index (χ4n) is 1.11. The van der Waals surface area contributed by atoms with Crippen LogP contribution in [0.4, 0.5) is 0 Å². The highest BCUT2D eigenvalue weighted by Gasteiger charge is 2.10. The number of hydrogen-bond acceptors (Lipinski definition) is 5. The first-order chi connectivity index (χ1) is 7.47. The summed E-state index contributed by atoms with van der Waals surface area (Å²) in [6.07, 6.45) is 1.33. The molecule has 0 atom stereocenters. The molecule has 0 aliphatic rings. The number of nitrogens with one attached hydrogen (secondary N) is 1. The van der Waals surface area contributed by atoms with Gasteiger partial charge in [0.05, 0.1) is 0 Å². The molecule has 0 radical (unpaired) electrons. The van der Waals surface area contributed by atoms with Crippen molar-refractivity contribution in [2.24, 2.45) is 5.84 Å². The molecule has 0 unspecified atom stereocenters. The van der Waals surface area contributed by atoms with Gasteiger partial charge in [-0.2, -0.15) is 0 Å². The van der Waals surface area contributed by atoms with E-state index in [0.717, 1.165) is 0 Å². The third kappa shape index (κ3) is 2.23. The van der Waals surface area contributed by atoms with Gasteiger partial charge in [0.1, 0.15) is 0 Å². The van der Waals surface area contributed by atoms with Gasteiger partial charge in [-0.25, -0.2) is 5.84 Å². The second-order valence-electron chi connectivity index (χ2n) is 3.17. The van der Waals surface area contributed by atoms with Crippen LogP contribution in [0.5, 0.6) is 17.2 Å². The maximum atomic E-state index is 11.1. The van der Waals surface area contributed by atoms with Crippen molar-refractivity contribution < 1.29 is 20.1 Å². The molecule has 6 N–H and O–H groups in total. The maximum absolute atomic E-state index is 11.1. The molecule has 0 aliphatic carbocycles. The van der Waals surface area contributed by atoms with Gasteiger partial charge >= 0.3 is 0 Å². The number of hydrogen-bond donors (Lipinski definition) is 5. The molecule has 0 aromatic heterocycles. The molecule has 6 heteroatoms. The first-order valence-electron chi connectivity index (χ1n) is 4.40. The van der Waals surface area contributed by atoms with Crippen molar-refractivity contribution >= 4 is 12.0 Å². The minimum absolute atomic E-state index is 0.205. The van der Waals surface area contributed by atoms with Crippen LogP contribution in [-0.2, 0) is 4.79 Å². The van der Waals surface area contributed by atoms with Gasteiger partial charge in [-0.15, -0.1) is 0 Å². The van der Waals surface area contributed by atoms with E-state index in [9.17, 15) is 15.0 Å². The van der Waals surface area contributed by atoms with Crippen LogP contribution in [0.15, 0.2) is 17.7 Å². The minimum atomic E-state index is -0.630. The van der Waals surface area contributed by atoms with E-state index in [1.54, 1.807) is 0 Å². The summed E-state index contributed by atoms with van der Waals surface area (Å²) in [7, 11) is 0. The van der Waals surface area contributed by atoms with Crippen molar-refractivity contribution in [3.05, 3.63) is 23.3 Å². The number of phenolic OH excluding ortho intramolecular Hbond substituents is 3. The van der Waals surface area contributed by atoms with Crippen molar-refractivity contribution in [2.75, 3.05) is 0 Å². The van der Waals surface area contributed by atoms with Gasteiger partial charge in [0.25, 0.3) is 5.91 Å². The highest BCUT2D eigenvalue weighted by molar-refractivity contribution is 5.97. The molecule has 16 heavy (non-hydrogen) atoms. The Morgan fingerprint density at radius 3 is 2.50 bits per heavy atom. The monoisotopic (exact) mass is 224 g/mol. The van der Waals surface area contributed by atoms with E-state index in [1.165, 1.54) is 25.1 Å². The number of benzene rings is 1. The zero-order valence-electron chi connectivity index (χ0n) is 8.56. The van der Waals surface area contributed by atoms with E-state index < -0.39 is 23.2 Å². The average Bonchev–Trinajstić information content (AvgIpc) is 2.28. The topological polar surface area (TPSA) is 116 Å². The molecule has 0 aliphatic heterocycles. The lowest BCUT2D eigenvalue weighted by Crippen LogP contribution is -2.30. The molecule has 86 valence electrons. The number of rotatable bonds is 2. The lowest BCUT2D eigenvalue weighted by molar-refractivity contribution is -0.117. The molecule has 0 heterocycles. The standard InChI is InChI=1S/C10H12N2O4/c1-5(10(16)12-11)4-6-2-3-7(13)9(15)8(6)14/h2-4,13-15H,11H2,1H3,(H,12,16). The van der Waals surface area contributed by atoms with Gasteiger partial charge in [-0.1, -0.05) is 0 Å². The zero-order valence-corrected chi connectivity index (χ0v) is 8.56. The third-order valence-corrected chi connectivity index (χ3v) is 2.02. The molecule has 1 aromatic carbocycles. The van der Waals surface area contributed by atoms with E-state index in [-0.39, 0.29) is 11.1 Å². The maximum Gasteiger partial charge on any atom is 0.260 e. The summed E-state index contributed by atoms with van der Waals surface area (Å²) < 4.78 is 0. The first-order valence-corrected chi connectivity index (χ1v) is 4.40. The molecule has 1 aromatic rings. The summed E-state index contributed by atoms with van der Waals surface area (Å²) in [5, 5.41) is 27.8. The van der Waals surface area contributed by atoms with E-state index in [2.05, 4.69) is 0 Å². The van der Waals surface area contributed by atoms with Gasteiger partial charge < -0.3 is 15.3 Å². The number of hydrazine groups is 1. The summed E-state index contributed by atoms with van der Waals surface area (Å²) in [6, 6.07) is 2.56. The molecule has 0 saturated heterocycles. The molecule has 0 spiro atoms. The van der Waals surface area contributed by atoms with Crippen LogP contribution < -0.4 is 11.3 Å². The average molecular weight is 224 g/mol. The number of nitrogens with two attached hydrogens (primary N) is 1. The van der Waals surface area contributed by atoms with Crippen molar-refractivity contribution in [3.8, 4) is 17.2 Å². The van der Waals surface area contributed by atoms with Gasteiger partial charge in [0.15, 0.2) is 11.5 Å². The lowest BCUT2D eigenvalue weighted by atomic mass is 10.1. The Morgan fingerprint density at radius 2 is 1.94 bits per heavy atom. The Kier molecular flexibility index (Phi) is 3.37. The predicted octanol–water partition coefficient (Wildman–Crippen LogP) is 0.197. The van der Waals surface area contributed by atoms with Crippen molar-refractivity contribution in [3.63, 3.8) is 0 Å². The van der Waals surface area contributed by atoms with Crippen LogP contribution in [0.1, 0.15) is 12.5 Å². The fourth-order valence-corrected chi connectivity index (χ4v) is 1.11. The van der Waals surface area contributed by atoms with E-state index in [4.69, 9.17) is 10.9 Å². The summed E-state index contributed by atoms with van der Waals surface area (Å²) in [5.74, 6) is 2.86. The second-order valence-corrected chi connectivity index (χ2v) is 3.17. The molecule has 1 amide bonds. The molecule has 0 fully saturated rings. The molecule has 1 rings (SSSR count). The number of carbonyl (C=O) groups is 1. The van der Waals surface area contributed by atoms with Crippen LogP contribution in [0.3, 0.4) is 0 Å². The van der Waals surface area contributed by atoms with Crippen molar-refractivity contribution in [1.82, 2.24) is 5.43 Å². The Labute approximate surface area is 91.6 Å². The highest BCUT2D eigenvalue weighted by atomic mass is 16.3. The summed E-state index contributed by atoms with van der Waals surface area (Å²) in [6.45, 7) is 1.49. The number of carbonyl (C=O) groups excluding carboxylic acids is 1. The summed E-state index contributed by atoms with van der Waals surface area (Å²) >= 11 is 0. The largest absolute Gasteiger partial charge is 0.504 e. The quantitative estimate of drug-likeness (QED) is 0.162. The van der Waals surface area contributed by atoms with E-state index >= 15 is 0 Å². The highest BCUT2D eigenvalue weighted by Crippen LogP contribution is 2.37. The number of aromatic hydroxyl groups is 3. The van der Waals surface area contributed by atoms with Crippen LogP contribution in [0, 0.1) is 0 Å². The SMILES string of the molecule is CC(=Cc1ccc(O)c(O)c1O)C(=O)NN. The number of amides is 1. The van der Waals surface area contributed by atoms with Gasteiger partial charge in [0.2, 0.25) is 5.75 Å². The lowest BCUT2D eigenvalue weighted by Gasteiger charge is -2.05. The second kappa shape index (κ2) is 4.54. The minimum Gasteiger partial charge on any atom is -0.504 e. The Hall–Kier alpha value is -2.21. The fraction of sp³-hybridized carbons (Fsp3) is 0.100. The van der Waals surface area contributed by atoms with Crippen LogP contribution in [0.2, 0.25) is 0 Å². The smallest absolute Gasteiger partial charge is 0.260 e. The van der Waals surface area contributed by atoms with E-state index in [1.807, 2.05) is 5.43 Å². The Balaban J connectivity index is 3.16. The molecule has 6 nitrogen and oxygen atoms in total. The summed E-state index contributed by atoms with van der Waals surface area (Å²) in [5.41, 5.74) is 2.39. The van der Waals surface area contributed by atoms with Crippen LogP contribution in [0.25, 0.3) is 6.08 Å². The molecule has 0 bridgehead atoms. The van der Waals surface area contributed by atoms with Crippen LogP contribution >= 0.6 is 0 Å². The van der Waals surface area contributed by atoms with E-state index in [0.29, 0.717) is 0 Å². The number of phenols is 3.